The minimum absolute atomic E-state index is 0. The van der Waals surface area contributed by atoms with Crippen LogP contribution in [-0.4, -0.2) is 23.5 Å². The molecule has 0 saturated heterocycles. The zero-order valence-electron chi connectivity index (χ0n) is 11.8. The predicted octanol–water partition coefficient (Wildman–Crippen LogP) is 3.02. The zero-order chi connectivity index (χ0) is 13.8. The van der Waals surface area contributed by atoms with Gasteiger partial charge in [-0.25, -0.2) is 4.98 Å². The summed E-state index contributed by atoms with van der Waals surface area (Å²) >= 11 is 1.45. The largest absolute Gasteiger partial charge is 0.462 e. The van der Waals surface area contributed by atoms with Gasteiger partial charge in [0.2, 0.25) is 0 Å². The number of aromatic nitrogens is 1. The van der Waals surface area contributed by atoms with E-state index in [1.807, 2.05) is 19.9 Å². The first-order valence-electron chi connectivity index (χ1n) is 6.13. The van der Waals surface area contributed by atoms with Crippen molar-refractivity contribution in [2.75, 3.05) is 6.54 Å². The minimum Gasteiger partial charge on any atom is -0.462 e. The molecular weight excluding hydrogens is 333 g/mol. The number of hydrogen-bond donors (Lipinski definition) is 2. The molecule has 2 aromatic rings. The Balaban J connectivity index is 0.00000200. The van der Waals surface area contributed by atoms with E-state index in [0.29, 0.717) is 18.0 Å². The molecule has 21 heavy (non-hydrogen) atoms. The fourth-order valence-corrected chi connectivity index (χ4v) is 2.49. The summed E-state index contributed by atoms with van der Waals surface area (Å²) in [5, 5.41) is 3.55. The van der Waals surface area contributed by atoms with Gasteiger partial charge in [0.05, 0.1) is 6.26 Å². The molecule has 0 aliphatic rings. The predicted molar refractivity (Wildman–Crippen MR) is 89.6 cm³/mol. The molecule has 3 N–H and O–H groups in total. The lowest BCUT2D eigenvalue weighted by atomic mass is 10.2. The van der Waals surface area contributed by atoms with Crippen LogP contribution in [0.15, 0.2) is 22.8 Å². The standard InChI is InChI=1S/C13H17N3O2S.2ClH/c1-8(14)5-6-15-12(17)11-9(2)19-13(16-11)10-4-3-7-18-10;;/h3-4,7-8H,5-6,14H2,1-2H3,(H,15,17);2*1H. The average Bonchev–Trinajstić information content (AvgIpc) is 2.96. The number of carbonyl (C=O) groups excluding carboxylic acids is 1. The Kier molecular flexibility index (Phi) is 8.58. The van der Waals surface area contributed by atoms with E-state index in [1.54, 1.807) is 12.3 Å². The van der Waals surface area contributed by atoms with Crippen molar-refractivity contribution in [2.45, 2.75) is 26.3 Å². The molecule has 0 saturated carbocycles. The van der Waals surface area contributed by atoms with Gasteiger partial charge < -0.3 is 15.5 Å². The van der Waals surface area contributed by atoms with Crippen molar-refractivity contribution in [3.63, 3.8) is 0 Å². The van der Waals surface area contributed by atoms with Crippen LogP contribution in [0.3, 0.4) is 0 Å². The summed E-state index contributed by atoms with van der Waals surface area (Å²) in [4.78, 5) is 17.2. The van der Waals surface area contributed by atoms with E-state index in [9.17, 15) is 4.79 Å². The highest BCUT2D eigenvalue weighted by Crippen LogP contribution is 2.27. The molecule has 8 heteroatoms. The third-order valence-corrected chi connectivity index (χ3v) is 3.61. The first kappa shape index (κ1) is 19.9. The summed E-state index contributed by atoms with van der Waals surface area (Å²) in [5.41, 5.74) is 6.10. The van der Waals surface area contributed by atoms with Crippen LogP contribution in [0, 0.1) is 6.92 Å². The van der Waals surface area contributed by atoms with Gasteiger partial charge in [0.1, 0.15) is 5.69 Å². The Bertz CT molecular complexity index is 556. The van der Waals surface area contributed by atoms with E-state index in [4.69, 9.17) is 10.2 Å². The molecule has 0 aliphatic carbocycles. The van der Waals surface area contributed by atoms with Gasteiger partial charge in [-0.2, -0.15) is 0 Å². The molecular formula is C13H19Cl2N3O2S. The molecule has 0 spiro atoms. The SMILES string of the molecule is Cc1sc(-c2ccco2)nc1C(=O)NCCC(C)N.Cl.Cl. The highest BCUT2D eigenvalue weighted by Gasteiger charge is 2.17. The number of halogens is 2. The lowest BCUT2D eigenvalue weighted by Crippen LogP contribution is -2.29. The summed E-state index contributed by atoms with van der Waals surface area (Å²) in [7, 11) is 0. The first-order chi connectivity index (χ1) is 9.08. The van der Waals surface area contributed by atoms with Crippen molar-refractivity contribution in [1.82, 2.24) is 10.3 Å². The smallest absolute Gasteiger partial charge is 0.271 e. The van der Waals surface area contributed by atoms with Crippen LogP contribution in [0.5, 0.6) is 0 Å². The minimum atomic E-state index is -0.160. The number of amides is 1. The molecule has 0 bridgehead atoms. The van der Waals surface area contributed by atoms with E-state index in [0.717, 1.165) is 16.3 Å². The number of hydrogen-bond acceptors (Lipinski definition) is 5. The second-order valence-corrected chi connectivity index (χ2v) is 5.63. The summed E-state index contributed by atoms with van der Waals surface area (Å²) in [6, 6.07) is 3.71. The number of nitrogens with zero attached hydrogens (tertiary/aromatic N) is 1. The van der Waals surface area contributed by atoms with Gasteiger partial charge in [-0.3, -0.25) is 4.79 Å². The fraction of sp³-hybridized carbons (Fsp3) is 0.385. The van der Waals surface area contributed by atoms with Crippen molar-refractivity contribution in [1.29, 1.82) is 0 Å². The number of rotatable bonds is 5. The van der Waals surface area contributed by atoms with E-state index in [2.05, 4.69) is 10.3 Å². The van der Waals surface area contributed by atoms with Crippen LogP contribution in [0.1, 0.15) is 28.7 Å². The van der Waals surface area contributed by atoms with Gasteiger partial charge in [-0.05, 0) is 32.4 Å². The molecule has 0 aliphatic heterocycles. The van der Waals surface area contributed by atoms with Gasteiger partial charge in [-0.15, -0.1) is 36.2 Å². The van der Waals surface area contributed by atoms with E-state index < -0.39 is 0 Å². The van der Waals surface area contributed by atoms with Gasteiger partial charge in [0.25, 0.3) is 5.91 Å². The molecule has 0 aromatic carbocycles. The van der Waals surface area contributed by atoms with Crippen LogP contribution in [0.2, 0.25) is 0 Å². The van der Waals surface area contributed by atoms with E-state index >= 15 is 0 Å². The summed E-state index contributed by atoms with van der Waals surface area (Å²) in [6.45, 7) is 4.35. The van der Waals surface area contributed by atoms with Crippen molar-refractivity contribution < 1.29 is 9.21 Å². The number of nitrogens with two attached hydrogens (primary N) is 1. The van der Waals surface area contributed by atoms with Crippen molar-refractivity contribution in [3.8, 4) is 10.8 Å². The van der Waals surface area contributed by atoms with Crippen molar-refractivity contribution in [2.24, 2.45) is 5.73 Å². The highest BCUT2D eigenvalue weighted by atomic mass is 35.5. The Morgan fingerprint density at radius 2 is 2.24 bits per heavy atom. The van der Waals surface area contributed by atoms with Gasteiger partial charge in [0, 0.05) is 17.5 Å². The monoisotopic (exact) mass is 351 g/mol. The first-order valence-corrected chi connectivity index (χ1v) is 6.94. The quantitative estimate of drug-likeness (QED) is 0.867. The van der Waals surface area contributed by atoms with Gasteiger partial charge in [-0.1, -0.05) is 0 Å². The zero-order valence-corrected chi connectivity index (χ0v) is 14.2. The van der Waals surface area contributed by atoms with Crippen LogP contribution in [0.4, 0.5) is 0 Å². The van der Waals surface area contributed by atoms with Crippen LogP contribution in [0.25, 0.3) is 10.8 Å². The maximum atomic E-state index is 12.0. The van der Waals surface area contributed by atoms with Crippen LogP contribution < -0.4 is 11.1 Å². The third kappa shape index (κ3) is 5.32. The molecule has 5 nitrogen and oxygen atoms in total. The van der Waals surface area contributed by atoms with E-state index in [-0.39, 0.29) is 36.8 Å². The lowest BCUT2D eigenvalue weighted by Gasteiger charge is -2.06. The average molecular weight is 352 g/mol. The Hall–Kier alpha value is -1.08. The van der Waals surface area contributed by atoms with E-state index in [1.165, 1.54) is 11.3 Å². The second-order valence-electron chi connectivity index (χ2n) is 4.42. The Labute approximate surface area is 140 Å². The highest BCUT2D eigenvalue weighted by molar-refractivity contribution is 7.15. The van der Waals surface area contributed by atoms with Gasteiger partial charge >= 0.3 is 0 Å². The number of furan rings is 1. The number of nitrogens with one attached hydrogen (secondary N) is 1. The topological polar surface area (TPSA) is 81.2 Å². The molecule has 2 aromatic heterocycles. The van der Waals surface area contributed by atoms with Crippen molar-refractivity contribution >= 4 is 42.1 Å². The molecule has 2 rings (SSSR count). The number of carbonyl (C=O) groups is 1. The maximum Gasteiger partial charge on any atom is 0.271 e. The maximum absolute atomic E-state index is 12.0. The van der Waals surface area contributed by atoms with Crippen LogP contribution >= 0.6 is 36.2 Å². The molecule has 118 valence electrons. The fourth-order valence-electron chi connectivity index (χ4n) is 1.61. The number of thiazole rings is 1. The molecule has 1 atom stereocenters. The molecule has 1 unspecified atom stereocenters. The normalized spacial score (nSPS) is 11.2. The summed E-state index contributed by atoms with van der Waals surface area (Å²) < 4.78 is 5.28. The molecule has 2 heterocycles. The molecule has 0 fully saturated rings. The summed E-state index contributed by atoms with van der Waals surface area (Å²) in [5.74, 6) is 0.523. The van der Waals surface area contributed by atoms with Crippen LogP contribution in [-0.2, 0) is 0 Å². The lowest BCUT2D eigenvalue weighted by molar-refractivity contribution is 0.0948. The third-order valence-electron chi connectivity index (χ3n) is 2.63. The van der Waals surface area contributed by atoms with Gasteiger partial charge in [0.15, 0.2) is 10.8 Å². The molecule has 0 radical (unpaired) electrons. The summed E-state index contributed by atoms with van der Waals surface area (Å²) in [6.07, 6.45) is 2.34. The molecule has 1 amide bonds. The Morgan fingerprint density at radius 3 is 2.81 bits per heavy atom. The number of aryl methyl sites for hydroxylation is 1. The second kappa shape index (κ2) is 9.04. The Morgan fingerprint density at radius 1 is 1.52 bits per heavy atom. The van der Waals surface area contributed by atoms with Crippen molar-refractivity contribution in [3.05, 3.63) is 29.0 Å².